The molecular weight excluding hydrogens is 308 g/mol. The highest BCUT2D eigenvalue weighted by molar-refractivity contribution is 7.01. The molecule has 0 unspecified atom stereocenters. The second kappa shape index (κ2) is 7.02. The van der Waals surface area contributed by atoms with Gasteiger partial charge in [0.25, 0.3) is 0 Å². The largest absolute Gasteiger partial charge is 0.301 e. The van der Waals surface area contributed by atoms with Gasteiger partial charge in [0, 0.05) is 0 Å². The first kappa shape index (κ1) is 17.1. The molecule has 0 amide bonds. The molecule has 1 heterocycles. The van der Waals surface area contributed by atoms with Crippen molar-refractivity contribution in [1.29, 1.82) is 5.41 Å². The van der Waals surface area contributed by atoms with Gasteiger partial charge in [0.05, 0.1) is 17.1 Å². The molecule has 1 aromatic carbocycles. The second-order valence-corrected chi connectivity index (χ2v) is 11.8. The summed E-state index contributed by atoms with van der Waals surface area (Å²) < 4.78 is 0. The number of unbranched alkanes of at least 4 members (excludes halogenated alkanes) is 4. The summed E-state index contributed by atoms with van der Waals surface area (Å²) >= 11 is 0. The number of rotatable bonds is 6. The summed E-state index contributed by atoms with van der Waals surface area (Å²) in [4.78, 5) is 4.86. The number of aryl methyl sites for hydroxylation is 1. The van der Waals surface area contributed by atoms with E-state index < -0.39 is 8.07 Å². The lowest BCUT2D eigenvalue weighted by molar-refractivity contribution is 0.632. The van der Waals surface area contributed by atoms with Crippen molar-refractivity contribution in [3.8, 4) is 0 Å². The van der Waals surface area contributed by atoms with Gasteiger partial charge in [-0.15, -0.1) is 0 Å². The maximum Gasteiger partial charge on any atom is 0.117 e. The van der Waals surface area contributed by atoms with Gasteiger partial charge in [-0.1, -0.05) is 57.8 Å². The molecule has 126 valence electrons. The molecule has 0 aromatic heterocycles. The fraction of sp³-hybridized carbons (Fsp3) is 0.429. The number of nitrogens with zero attached hydrogens (tertiary/aromatic N) is 1. The Kier molecular flexibility index (Phi) is 5.00. The Balaban J connectivity index is 1.84. The van der Waals surface area contributed by atoms with Gasteiger partial charge in [0.15, 0.2) is 0 Å². The highest BCUT2D eigenvalue weighted by Crippen LogP contribution is 2.31. The summed E-state index contributed by atoms with van der Waals surface area (Å²) in [6.07, 6.45) is 13.7. The zero-order chi connectivity index (χ0) is 17.2. The minimum atomic E-state index is -1.77. The van der Waals surface area contributed by atoms with Crippen LogP contribution in [0, 0.1) is 5.41 Å². The van der Waals surface area contributed by atoms with E-state index in [1.165, 1.54) is 54.5 Å². The van der Waals surface area contributed by atoms with Gasteiger partial charge in [0.2, 0.25) is 0 Å². The summed E-state index contributed by atoms with van der Waals surface area (Å²) in [5.41, 5.74) is 4.26. The second-order valence-electron chi connectivity index (χ2n) is 7.48. The smallest absolute Gasteiger partial charge is 0.117 e. The Hall–Kier alpha value is -1.74. The SMILES string of the molecule is CCCCCCCc1ccc2c(c1)[Si](C)(C)C1=CC(=N)C=CC1=N2. The van der Waals surface area contributed by atoms with Gasteiger partial charge >= 0.3 is 0 Å². The Bertz CT molecular complexity index is 738. The van der Waals surface area contributed by atoms with Crippen molar-refractivity contribution in [1.82, 2.24) is 0 Å². The van der Waals surface area contributed by atoms with Crippen LogP contribution in [0.15, 0.2) is 46.6 Å². The molecule has 3 rings (SSSR count). The minimum Gasteiger partial charge on any atom is -0.301 e. The molecule has 24 heavy (non-hydrogen) atoms. The van der Waals surface area contributed by atoms with Gasteiger partial charge in [-0.2, -0.15) is 0 Å². The van der Waals surface area contributed by atoms with Crippen molar-refractivity contribution in [2.75, 3.05) is 0 Å². The van der Waals surface area contributed by atoms with Crippen LogP contribution in [0.1, 0.15) is 44.6 Å². The van der Waals surface area contributed by atoms with Gasteiger partial charge in [0.1, 0.15) is 8.07 Å². The maximum atomic E-state index is 7.96. The lowest BCUT2D eigenvalue weighted by Gasteiger charge is -2.33. The van der Waals surface area contributed by atoms with E-state index in [4.69, 9.17) is 10.4 Å². The Morgan fingerprint density at radius 2 is 1.83 bits per heavy atom. The van der Waals surface area contributed by atoms with E-state index in [2.05, 4.69) is 38.2 Å². The Morgan fingerprint density at radius 1 is 1.04 bits per heavy atom. The van der Waals surface area contributed by atoms with Crippen LogP contribution in [-0.4, -0.2) is 19.5 Å². The standard InChI is InChI=1S/C21H28N2Si/c1-4-5-6-7-8-9-16-10-12-18-20(14-16)24(2,3)21-15-17(22)11-13-19(21)23-18/h10-15,22H,4-9H2,1-3H3. The zero-order valence-electron chi connectivity index (χ0n) is 15.2. The molecule has 2 aliphatic rings. The third-order valence-corrected chi connectivity index (χ3v) is 8.71. The summed E-state index contributed by atoms with van der Waals surface area (Å²) in [5.74, 6) is 0. The molecule has 3 heteroatoms. The molecule has 2 nitrogen and oxygen atoms in total. The first-order valence-electron chi connectivity index (χ1n) is 9.23. The predicted octanol–water partition coefficient (Wildman–Crippen LogP) is 5.26. The van der Waals surface area contributed by atoms with E-state index in [1.807, 2.05) is 18.2 Å². The van der Waals surface area contributed by atoms with Crippen molar-refractivity contribution in [3.63, 3.8) is 0 Å². The molecule has 0 saturated carbocycles. The van der Waals surface area contributed by atoms with Crippen molar-refractivity contribution in [2.24, 2.45) is 4.99 Å². The molecule has 1 aliphatic carbocycles. The van der Waals surface area contributed by atoms with Crippen molar-refractivity contribution in [3.05, 3.63) is 47.2 Å². The topological polar surface area (TPSA) is 36.2 Å². The highest BCUT2D eigenvalue weighted by Gasteiger charge is 2.37. The Labute approximate surface area is 146 Å². The normalized spacial score (nSPS) is 17.9. The van der Waals surface area contributed by atoms with E-state index in [-0.39, 0.29) is 0 Å². The lowest BCUT2D eigenvalue weighted by atomic mass is 10.0. The molecule has 0 bridgehead atoms. The Morgan fingerprint density at radius 3 is 2.62 bits per heavy atom. The van der Waals surface area contributed by atoms with Crippen molar-refractivity contribution < 1.29 is 0 Å². The van der Waals surface area contributed by atoms with Crippen molar-refractivity contribution >= 4 is 30.4 Å². The number of allylic oxidation sites excluding steroid dienone is 4. The van der Waals surface area contributed by atoms with Crippen LogP contribution in [0.3, 0.4) is 0 Å². The van der Waals surface area contributed by atoms with Crippen LogP contribution in [0.5, 0.6) is 0 Å². The summed E-state index contributed by atoms with van der Waals surface area (Å²) in [7, 11) is -1.77. The molecule has 0 radical (unpaired) electrons. The lowest BCUT2D eigenvalue weighted by Crippen LogP contribution is -2.49. The number of benzene rings is 1. The van der Waals surface area contributed by atoms with Gasteiger partial charge in [-0.3, -0.25) is 0 Å². The molecule has 0 fully saturated rings. The van der Waals surface area contributed by atoms with E-state index in [1.54, 1.807) is 0 Å². The van der Waals surface area contributed by atoms with E-state index in [9.17, 15) is 0 Å². The average molecular weight is 337 g/mol. The predicted molar refractivity (Wildman–Crippen MR) is 108 cm³/mol. The number of nitrogens with one attached hydrogen (secondary N) is 1. The van der Waals surface area contributed by atoms with Crippen LogP contribution in [-0.2, 0) is 6.42 Å². The molecular formula is C21H28N2Si. The van der Waals surface area contributed by atoms with Gasteiger partial charge in [-0.05, 0) is 53.1 Å². The van der Waals surface area contributed by atoms with E-state index in [0.29, 0.717) is 5.71 Å². The third-order valence-electron chi connectivity index (χ3n) is 5.21. The fourth-order valence-corrected chi connectivity index (χ4v) is 6.59. The van der Waals surface area contributed by atoms with E-state index >= 15 is 0 Å². The van der Waals surface area contributed by atoms with Gasteiger partial charge in [-0.25, -0.2) is 4.99 Å². The minimum absolute atomic E-state index is 0.597. The first-order valence-corrected chi connectivity index (χ1v) is 12.2. The van der Waals surface area contributed by atoms with Gasteiger partial charge < -0.3 is 5.41 Å². The third kappa shape index (κ3) is 3.36. The first-order chi connectivity index (χ1) is 11.5. The number of hydrogen-bond donors (Lipinski definition) is 1. The van der Waals surface area contributed by atoms with Crippen LogP contribution in [0.25, 0.3) is 0 Å². The average Bonchev–Trinajstić information content (AvgIpc) is 2.56. The van der Waals surface area contributed by atoms with Crippen LogP contribution in [0.2, 0.25) is 13.1 Å². The molecule has 0 spiro atoms. The van der Waals surface area contributed by atoms with Crippen LogP contribution >= 0.6 is 0 Å². The number of hydrogen-bond acceptors (Lipinski definition) is 2. The quantitative estimate of drug-likeness (QED) is 0.418. The summed E-state index contributed by atoms with van der Waals surface area (Å²) in [6.45, 7) is 7.05. The fourth-order valence-electron chi connectivity index (χ4n) is 3.68. The summed E-state index contributed by atoms with van der Waals surface area (Å²) in [5, 5.41) is 10.7. The molecule has 0 atom stereocenters. The van der Waals surface area contributed by atoms with E-state index in [0.717, 1.165) is 11.4 Å². The molecule has 1 aromatic rings. The maximum absolute atomic E-state index is 7.96. The van der Waals surface area contributed by atoms with Crippen molar-refractivity contribution in [2.45, 2.75) is 58.5 Å². The highest BCUT2D eigenvalue weighted by atomic mass is 28.3. The zero-order valence-corrected chi connectivity index (χ0v) is 16.2. The summed E-state index contributed by atoms with van der Waals surface area (Å²) in [6, 6.07) is 6.88. The number of fused-ring (bicyclic) bond motifs is 2. The number of aliphatic imine (C=N–C) groups is 1. The van der Waals surface area contributed by atoms with Crippen LogP contribution < -0.4 is 5.19 Å². The molecule has 1 aliphatic heterocycles. The molecule has 0 saturated heterocycles. The monoisotopic (exact) mass is 336 g/mol. The molecule has 1 N–H and O–H groups in total. The van der Waals surface area contributed by atoms with Crippen LogP contribution in [0.4, 0.5) is 5.69 Å².